The molecule has 40 heavy (non-hydrogen) atoms. The molecule has 1 heterocycles. The first-order chi connectivity index (χ1) is 19.0. The van der Waals surface area contributed by atoms with Crippen molar-refractivity contribution < 1.29 is 49.1 Å². The summed E-state index contributed by atoms with van der Waals surface area (Å²) in [4.78, 5) is 37.9. The van der Waals surface area contributed by atoms with E-state index in [1.54, 1.807) is 12.1 Å². The maximum Gasteiger partial charge on any atom is 0.419 e. The molecule has 0 aliphatic carbocycles. The number of nitro groups is 1. The highest BCUT2D eigenvalue weighted by atomic mass is 35.5. The summed E-state index contributed by atoms with van der Waals surface area (Å²) in [6.07, 6.45) is -10.5. The summed E-state index contributed by atoms with van der Waals surface area (Å²) in [5, 5.41) is 50.9. The number of rotatable bonds is 11. The number of amides is 1. The van der Waals surface area contributed by atoms with Crippen molar-refractivity contribution in [2.45, 2.75) is 30.7 Å². The van der Waals surface area contributed by atoms with Crippen LogP contribution in [-0.2, 0) is 9.53 Å². The van der Waals surface area contributed by atoms with Crippen LogP contribution < -0.4 is 19.3 Å². The van der Waals surface area contributed by atoms with Crippen LogP contribution in [0.4, 0.5) is 21.9 Å². The molecule has 0 bridgehead atoms. The van der Waals surface area contributed by atoms with Crippen molar-refractivity contribution in [1.29, 1.82) is 0 Å². The molecule has 0 saturated carbocycles. The molecule has 218 valence electrons. The fourth-order valence-corrected chi connectivity index (χ4v) is 4.23. The first kappa shape index (κ1) is 31.1. The van der Waals surface area contributed by atoms with Crippen molar-refractivity contribution >= 4 is 52.3 Å². The van der Waals surface area contributed by atoms with Crippen LogP contribution in [0.1, 0.15) is 0 Å². The highest BCUT2D eigenvalue weighted by Crippen LogP contribution is 2.35. The second-order valence-electron chi connectivity index (χ2n) is 8.55. The normalized spacial score (nSPS) is 22.3. The van der Waals surface area contributed by atoms with Crippen molar-refractivity contribution in [3.8, 4) is 11.5 Å². The second kappa shape index (κ2) is 13.8. The zero-order valence-electron chi connectivity index (χ0n) is 21.0. The number of aliphatic carboxylic acids is 1. The van der Waals surface area contributed by atoms with Gasteiger partial charge in [-0.3, -0.25) is 15.0 Å². The van der Waals surface area contributed by atoms with Gasteiger partial charge in [-0.2, -0.15) is 0 Å². The Hall–Kier alpha value is -3.40. The van der Waals surface area contributed by atoms with Gasteiger partial charge in [-0.15, -0.1) is 23.2 Å². The van der Waals surface area contributed by atoms with Crippen LogP contribution in [0, 0.1) is 10.1 Å². The molecule has 0 radical (unpaired) electrons. The molecule has 2 aromatic rings. The third-order valence-corrected chi connectivity index (χ3v) is 6.30. The molecule has 0 aromatic heterocycles. The van der Waals surface area contributed by atoms with E-state index in [1.807, 2.05) is 4.90 Å². The zero-order chi connectivity index (χ0) is 29.6. The molecule has 14 nitrogen and oxygen atoms in total. The Bertz CT molecular complexity index is 1200. The number of hydrogen-bond acceptors (Lipinski definition) is 11. The van der Waals surface area contributed by atoms with Gasteiger partial charge in [0.15, 0.2) is 6.10 Å². The molecule has 5 atom stereocenters. The summed E-state index contributed by atoms with van der Waals surface area (Å²) in [7, 11) is 1.24. The number of ether oxygens (including phenoxy) is 3. The average molecular weight is 604 g/mol. The fourth-order valence-electron chi connectivity index (χ4n) is 3.82. The van der Waals surface area contributed by atoms with Crippen LogP contribution in [0.25, 0.3) is 0 Å². The molecule has 1 aliphatic heterocycles. The molecule has 3 rings (SSSR count). The molecule has 0 unspecified atom stereocenters. The number of carbonyl (C=O) groups is 2. The highest BCUT2D eigenvalue weighted by Gasteiger charge is 2.48. The van der Waals surface area contributed by atoms with Gasteiger partial charge in [0, 0.05) is 49.7 Å². The van der Waals surface area contributed by atoms with Crippen LogP contribution in [-0.4, -0.2) is 100 Å². The van der Waals surface area contributed by atoms with Crippen LogP contribution in [0.2, 0.25) is 0 Å². The molecular formula is C24H27Cl2N3O11. The van der Waals surface area contributed by atoms with Crippen LogP contribution >= 0.6 is 23.2 Å². The summed E-state index contributed by atoms with van der Waals surface area (Å²) < 4.78 is 16.0. The number of carboxylic acid groups (broad SMARTS) is 1. The zero-order valence-corrected chi connectivity index (χ0v) is 22.5. The van der Waals surface area contributed by atoms with Gasteiger partial charge in [0.1, 0.15) is 29.8 Å². The van der Waals surface area contributed by atoms with Crippen molar-refractivity contribution in [3.05, 3.63) is 52.6 Å². The lowest BCUT2D eigenvalue weighted by molar-refractivity contribution is -0.384. The summed E-state index contributed by atoms with van der Waals surface area (Å²) in [5.41, 5.74) is 0.172. The van der Waals surface area contributed by atoms with E-state index in [4.69, 9.17) is 37.4 Å². The van der Waals surface area contributed by atoms with Gasteiger partial charge in [-0.05, 0) is 30.3 Å². The number of nitrogens with zero attached hydrogens (tertiary/aromatic N) is 3. The number of anilines is 2. The van der Waals surface area contributed by atoms with E-state index in [0.717, 1.165) is 28.8 Å². The molecular weight excluding hydrogens is 577 g/mol. The van der Waals surface area contributed by atoms with Crippen molar-refractivity contribution in [2.75, 3.05) is 41.7 Å². The molecule has 1 saturated heterocycles. The topological polar surface area (TPSA) is 192 Å². The van der Waals surface area contributed by atoms with E-state index >= 15 is 0 Å². The van der Waals surface area contributed by atoms with Crippen LogP contribution in [0.5, 0.6) is 11.5 Å². The van der Waals surface area contributed by atoms with E-state index in [-0.39, 0.29) is 17.2 Å². The monoisotopic (exact) mass is 603 g/mol. The highest BCUT2D eigenvalue weighted by molar-refractivity contribution is 6.18. The SMILES string of the molecule is CN(C(=O)Oc1ccc(N(CCCl)CCCl)cc1)c1cc([N+](=O)[O-])ccc1O[C@@H]1O[C@H](C(=O)O)[C@@H](O)[C@H](O)[C@H]1O. The molecule has 16 heteroatoms. The minimum Gasteiger partial charge on any atom is -0.479 e. The standard InChI is InChI=1S/C24H27Cl2N3O11/c1-27(24(35)38-15-5-2-13(3-6-15)28(10-8-25)11-9-26)16-12-14(29(36)37)4-7-17(16)39-23-20(32)18(30)19(31)21(40-23)22(33)34/h2-7,12,18-21,23,30-32H,8-11H2,1H3,(H,33,34)/t18-,19-,20+,21-,23+/m0/s1. The third-order valence-electron chi connectivity index (χ3n) is 5.96. The van der Waals surface area contributed by atoms with Gasteiger partial charge in [0.25, 0.3) is 5.69 Å². The molecule has 1 aliphatic rings. The number of alkyl halides is 2. The molecule has 4 N–H and O–H groups in total. The van der Waals surface area contributed by atoms with E-state index in [9.17, 15) is 40.1 Å². The second-order valence-corrected chi connectivity index (χ2v) is 9.30. The number of aliphatic hydroxyl groups excluding tert-OH is 3. The summed E-state index contributed by atoms with van der Waals surface area (Å²) in [6.45, 7) is 1.10. The van der Waals surface area contributed by atoms with Crippen LogP contribution in [0.3, 0.4) is 0 Å². The van der Waals surface area contributed by atoms with Gasteiger partial charge in [-0.25, -0.2) is 9.59 Å². The predicted octanol–water partition coefficient (Wildman–Crippen LogP) is 1.78. The van der Waals surface area contributed by atoms with E-state index in [1.165, 1.54) is 19.2 Å². The Morgan fingerprint density at radius 3 is 2.20 bits per heavy atom. The Labute approximate surface area is 237 Å². The Kier molecular flexibility index (Phi) is 10.7. The number of non-ortho nitro benzene ring substituents is 1. The summed E-state index contributed by atoms with van der Waals surface area (Å²) in [5.74, 6) is -0.972. The minimum absolute atomic E-state index is 0.151. The molecule has 1 fully saturated rings. The van der Waals surface area contributed by atoms with Gasteiger partial charge in [0.2, 0.25) is 6.29 Å². The Morgan fingerprint density at radius 1 is 1.02 bits per heavy atom. The van der Waals surface area contributed by atoms with Gasteiger partial charge in [-0.1, -0.05) is 0 Å². The lowest BCUT2D eigenvalue weighted by atomic mass is 9.99. The lowest BCUT2D eigenvalue weighted by Crippen LogP contribution is -2.61. The number of carbonyl (C=O) groups excluding carboxylic acids is 1. The van der Waals surface area contributed by atoms with Crippen molar-refractivity contribution in [3.63, 3.8) is 0 Å². The minimum atomic E-state index is -1.95. The predicted molar refractivity (Wildman–Crippen MR) is 143 cm³/mol. The van der Waals surface area contributed by atoms with E-state index in [2.05, 4.69) is 0 Å². The number of aliphatic hydroxyl groups is 3. The largest absolute Gasteiger partial charge is 0.479 e. The molecule has 1 amide bonds. The quantitative estimate of drug-likeness (QED) is 0.165. The summed E-state index contributed by atoms with van der Waals surface area (Å²) in [6, 6.07) is 9.59. The van der Waals surface area contributed by atoms with Crippen molar-refractivity contribution in [2.24, 2.45) is 0 Å². The lowest BCUT2D eigenvalue weighted by Gasteiger charge is -2.38. The first-order valence-corrected chi connectivity index (χ1v) is 12.9. The number of halogens is 2. The number of benzene rings is 2. The third kappa shape index (κ3) is 7.21. The maximum absolute atomic E-state index is 13.0. The van der Waals surface area contributed by atoms with Gasteiger partial charge in [0.05, 0.1) is 10.6 Å². The Morgan fingerprint density at radius 2 is 1.65 bits per heavy atom. The Balaban J connectivity index is 1.84. The number of carboxylic acids is 1. The van der Waals surface area contributed by atoms with E-state index < -0.39 is 53.4 Å². The smallest absolute Gasteiger partial charge is 0.419 e. The van der Waals surface area contributed by atoms with Gasteiger partial charge < -0.3 is 39.5 Å². The summed E-state index contributed by atoms with van der Waals surface area (Å²) >= 11 is 11.7. The maximum atomic E-state index is 13.0. The van der Waals surface area contributed by atoms with E-state index in [0.29, 0.717) is 24.8 Å². The van der Waals surface area contributed by atoms with Crippen molar-refractivity contribution in [1.82, 2.24) is 0 Å². The number of nitro benzene ring substituents is 1. The first-order valence-electron chi connectivity index (χ1n) is 11.8. The van der Waals surface area contributed by atoms with Gasteiger partial charge >= 0.3 is 12.1 Å². The molecule has 2 aromatic carbocycles. The number of hydrogen-bond donors (Lipinski definition) is 4. The van der Waals surface area contributed by atoms with Crippen LogP contribution in [0.15, 0.2) is 42.5 Å². The molecule has 0 spiro atoms. The fraction of sp³-hybridized carbons (Fsp3) is 0.417. The average Bonchev–Trinajstić information content (AvgIpc) is 2.93.